The van der Waals surface area contributed by atoms with Gasteiger partial charge in [0.15, 0.2) is 11.2 Å². The van der Waals surface area contributed by atoms with Crippen molar-refractivity contribution in [3.63, 3.8) is 0 Å². The first-order valence-electron chi connectivity index (χ1n) is 10.3. The molecule has 0 bridgehead atoms. The summed E-state index contributed by atoms with van der Waals surface area (Å²) >= 11 is 0. The average molecular weight is 389 g/mol. The molecule has 1 amide bonds. The zero-order valence-corrected chi connectivity index (χ0v) is 16.2. The Labute approximate surface area is 168 Å². The van der Waals surface area contributed by atoms with Gasteiger partial charge in [0.25, 0.3) is 5.91 Å². The average Bonchev–Trinajstić information content (AvgIpc) is 3.20. The molecule has 1 atom stereocenters. The second-order valence-electron chi connectivity index (χ2n) is 8.18. The van der Waals surface area contributed by atoms with Crippen molar-refractivity contribution in [1.29, 1.82) is 5.26 Å². The second-order valence-corrected chi connectivity index (χ2v) is 8.18. The number of pyridine rings is 1. The lowest BCUT2D eigenvalue weighted by Gasteiger charge is -2.29. The SMILES string of the molecule is N#CC1(n2cc(C(NC(=O)c3cc4ccccn4n3)C3CCCCC3)nn2)CC1. The molecule has 8 heteroatoms. The van der Waals surface area contributed by atoms with Gasteiger partial charge in [-0.15, -0.1) is 5.10 Å². The van der Waals surface area contributed by atoms with E-state index in [9.17, 15) is 10.1 Å². The third-order valence-corrected chi connectivity index (χ3v) is 6.21. The third kappa shape index (κ3) is 3.27. The van der Waals surface area contributed by atoms with E-state index in [4.69, 9.17) is 0 Å². The zero-order valence-electron chi connectivity index (χ0n) is 16.2. The summed E-state index contributed by atoms with van der Waals surface area (Å²) in [5.41, 5.74) is 1.45. The summed E-state index contributed by atoms with van der Waals surface area (Å²) in [5.74, 6) is 0.104. The van der Waals surface area contributed by atoms with Crippen LogP contribution < -0.4 is 5.32 Å². The van der Waals surface area contributed by atoms with Gasteiger partial charge < -0.3 is 5.32 Å². The lowest BCUT2D eigenvalue weighted by atomic mass is 9.82. The molecule has 2 saturated carbocycles. The van der Waals surface area contributed by atoms with E-state index in [1.165, 1.54) is 6.42 Å². The maximum atomic E-state index is 13.0. The summed E-state index contributed by atoms with van der Waals surface area (Å²) in [6.07, 6.45) is 10.9. The van der Waals surface area contributed by atoms with E-state index >= 15 is 0 Å². The summed E-state index contributed by atoms with van der Waals surface area (Å²) in [5, 5.41) is 25.6. The molecular formula is C21H23N7O. The van der Waals surface area contributed by atoms with Crippen molar-refractivity contribution in [1.82, 2.24) is 29.9 Å². The summed E-state index contributed by atoms with van der Waals surface area (Å²) in [6.45, 7) is 0. The predicted octanol–water partition coefficient (Wildman–Crippen LogP) is 2.99. The lowest BCUT2D eigenvalue weighted by molar-refractivity contribution is 0.0905. The molecule has 2 fully saturated rings. The summed E-state index contributed by atoms with van der Waals surface area (Å²) < 4.78 is 3.37. The normalized spacial score (nSPS) is 19.6. The van der Waals surface area contributed by atoms with Crippen LogP contribution in [0.5, 0.6) is 0 Å². The Balaban J connectivity index is 1.43. The van der Waals surface area contributed by atoms with E-state index in [0.29, 0.717) is 11.6 Å². The van der Waals surface area contributed by atoms with Gasteiger partial charge in [-0.2, -0.15) is 10.4 Å². The lowest BCUT2D eigenvalue weighted by Crippen LogP contribution is -2.35. The van der Waals surface area contributed by atoms with Gasteiger partial charge in [-0.25, -0.2) is 9.20 Å². The number of carbonyl (C=O) groups is 1. The Morgan fingerprint density at radius 3 is 2.83 bits per heavy atom. The van der Waals surface area contributed by atoms with Crippen LogP contribution in [0.2, 0.25) is 0 Å². The largest absolute Gasteiger partial charge is 0.342 e. The maximum Gasteiger partial charge on any atom is 0.272 e. The molecule has 0 radical (unpaired) electrons. The Hall–Kier alpha value is -3.21. The first kappa shape index (κ1) is 17.9. The van der Waals surface area contributed by atoms with E-state index < -0.39 is 5.54 Å². The van der Waals surface area contributed by atoms with Crippen LogP contribution in [0, 0.1) is 17.2 Å². The van der Waals surface area contributed by atoms with Crippen molar-refractivity contribution in [3.05, 3.63) is 48.0 Å². The summed E-state index contributed by atoms with van der Waals surface area (Å²) in [6, 6.07) is 9.63. The minimum Gasteiger partial charge on any atom is -0.342 e. The molecule has 0 spiro atoms. The molecule has 3 aromatic heterocycles. The molecule has 8 nitrogen and oxygen atoms in total. The molecule has 0 aliphatic heterocycles. The molecule has 29 heavy (non-hydrogen) atoms. The minimum atomic E-state index is -0.548. The van der Waals surface area contributed by atoms with Crippen LogP contribution in [0.15, 0.2) is 36.7 Å². The van der Waals surface area contributed by atoms with Crippen molar-refractivity contribution in [2.75, 3.05) is 0 Å². The van der Waals surface area contributed by atoms with Gasteiger partial charge in [0.05, 0.1) is 23.8 Å². The molecule has 2 aliphatic rings. The molecule has 1 N–H and O–H groups in total. The molecule has 3 heterocycles. The van der Waals surface area contributed by atoms with E-state index in [0.717, 1.165) is 49.7 Å². The van der Waals surface area contributed by atoms with Crippen LogP contribution in [0.3, 0.4) is 0 Å². The van der Waals surface area contributed by atoms with Crippen molar-refractivity contribution in [3.8, 4) is 6.07 Å². The molecule has 148 valence electrons. The zero-order chi connectivity index (χ0) is 19.8. The summed E-state index contributed by atoms with van der Waals surface area (Å²) in [4.78, 5) is 13.0. The number of rotatable bonds is 5. The van der Waals surface area contributed by atoms with Crippen LogP contribution in [0.25, 0.3) is 5.52 Å². The van der Waals surface area contributed by atoms with Gasteiger partial charge in [-0.3, -0.25) is 4.79 Å². The van der Waals surface area contributed by atoms with E-state index in [1.54, 1.807) is 15.3 Å². The van der Waals surface area contributed by atoms with Gasteiger partial charge in [-0.05, 0) is 49.8 Å². The highest BCUT2D eigenvalue weighted by molar-refractivity contribution is 5.93. The van der Waals surface area contributed by atoms with Gasteiger partial charge in [-0.1, -0.05) is 30.5 Å². The number of nitrogens with one attached hydrogen (secondary N) is 1. The van der Waals surface area contributed by atoms with E-state index in [1.807, 2.05) is 30.6 Å². The van der Waals surface area contributed by atoms with Crippen LogP contribution in [0.4, 0.5) is 0 Å². The molecule has 0 saturated heterocycles. The number of nitrogens with zero attached hydrogens (tertiary/aromatic N) is 6. The van der Waals surface area contributed by atoms with Crippen molar-refractivity contribution >= 4 is 11.4 Å². The summed E-state index contributed by atoms with van der Waals surface area (Å²) in [7, 11) is 0. The number of aromatic nitrogens is 5. The molecule has 1 unspecified atom stereocenters. The van der Waals surface area contributed by atoms with Crippen LogP contribution in [-0.4, -0.2) is 30.5 Å². The monoisotopic (exact) mass is 389 g/mol. The number of hydrogen-bond donors (Lipinski definition) is 1. The number of fused-ring (bicyclic) bond motifs is 1. The number of hydrogen-bond acceptors (Lipinski definition) is 5. The Morgan fingerprint density at radius 2 is 2.10 bits per heavy atom. The fourth-order valence-corrected chi connectivity index (χ4v) is 4.30. The maximum absolute atomic E-state index is 13.0. The molecule has 3 aromatic rings. The van der Waals surface area contributed by atoms with E-state index in [2.05, 4.69) is 26.8 Å². The fraction of sp³-hybridized carbons (Fsp3) is 0.476. The molecule has 5 rings (SSSR count). The first-order valence-corrected chi connectivity index (χ1v) is 10.3. The Morgan fingerprint density at radius 1 is 1.28 bits per heavy atom. The van der Waals surface area contributed by atoms with Gasteiger partial charge in [0.2, 0.25) is 0 Å². The third-order valence-electron chi connectivity index (χ3n) is 6.21. The van der Waals surface area contributed by atoms with Crippen LogP contribution in [0.1, 0.15) is 67.2 Å². The quantitative estimate of drug-likeness (QED) is 0.723. The van der Waals surface area contributed by atoms with Gasteiger partial charge in [0.1, 0.15) is 5.69 Å². The Bertz CT molecular complexity index is 1050. The number of carbonyl (C=O) groups excluding carboxylic acids is 1. The molecule has 0 aromatic carbocycles. The van der Waals surface area contributed by atoms with E-state index in [-0.39, 0.29) is 11.9 Å². The van der Waals surface area contributed by atoms with Crippen molar-refractivity contribution in [2.24, 2.45) is 5.92 Å². The first-order chi connectivity index (χ1) is 14.2. The minimum absolute atomic E-state index is 0.208. The van der Waals surface area contributed by atoms with Gasteiger partial charge >= 0.3 is 0 Å². The predicted molar refractivity (Wildman–Crippen MR) is 105 cm³/mol. The van der Waals surface area contributed by atoms with Crippen LogP contribution in [-0.2, 0) is 5.54 Å². The highest BCUT2D eigenvalue weighted by Gasteiger charge is 2.47. The number of nitriles is 1. The highest BCUT2D eigenvalue weighted by atomic mass is 16.2. The fourth-order valence-electron chi connectivity index (χ4n) is 4.30. The van der Waals surface area contributed by atoms with Crippen LogP contribution >= 0.6 is 0 Å². The topological polar surface area (TPSA) is 101 Å². The number of amides is 1. The second kappa shape index (κ2) is 6.99. The van der Waals surface area contributed by atoms with Crippen molar-refractivity contribution < 1.29 is 4.79 Å². The standard InChI is InChI=1S/C21H23N7O/c22-14-21(9-10-21)28-13-18(24-26-28)19(15-6-2-1-3-7-15)23-20(29)17-12-16-8-4-5-11-27(16)25-17/h4-5,8,11-13,15,19H,1-3,6-7,9-10H2,(H,23,29). The Kier molecular flexibility index (Phi) is 4.31. The molecular weight excluding hydrogens is 366 g/mol. The highest BCUT2D eigenvalue weighted by Crippen LogP contribution is 2.42. The van der Waals surface area contributed by atoms with Gasteiger partial charge in [0, 0.05) is 6.20 Å². The smallest absolute Gasteiger partial charge is 0.272 e. The molecule has 2 aliphatic carbocycles. The van der Waals surface area contributed by atoms with Crippen molar-refractivity contribution in [2.45, 2.75) is 56.5 Å².